The Hall–Kier alpha value is -2.29. The topological polar surface area (TPSA) is 63.3 Å². The minimum absolute atomic E-state index is 0.213. The van der Waals surface area contributed by atoms with Crippen molar-refractivity contribution in [3.05, 3.63) is 53.6 Å². The number of rotatable bonds is 5. The van der Waals surface area contributed by atoms with E-state index in [2.05, 4.69) is 6.92 Å². The van der Waals surface area contributed by atoms with Gasteiger partial charge in [-0.15, -0.1) is 0 Å². The van der Waals surface area contributed by atoms with Crippen molar-refractivity contribution in [3.63, 3.8) is 0 Å². The van der Waals surface area contributed by atoms with Crippen molar-refractivity contribution in [1.82, 2.24) is 0 Å². The molecule has 2 aromatic rings. The van der Waals surface area contributed by atoms with Crippen LogP contribution < -0.4 is 5.73 Å². The molecule has 3 N–H and O–H groups in total. The minimum atomic E-state index is -0.972. The monoisotopic (exact) mass is 269 g/mol. The highest BCUT2D eigenvalue weighted by Crippen LogP contribution is 2.31. The summed E-state index contributed by atoms with van der Waals surface area (Å²) in [5, 5.41) is 9.48. The lowest BCUT2D eigenvalue weighted by molar-refractivity contribution is 0.0699. The fraction of sp³-hybridized carbons (Fsp3) is 0.235. The molecule has 20 heavy (non-hydrogen) atoms. The minimum Gasteiger partial charge on any atom is -0.478 e. The molecule has 0 bridgehead atoms. The number of anilines is 1. The normalized spacial score (nSPS) is 10.4. The van der Waals surface area contributed by atoms with Crippen LogP contribution in [0.3, 0.4) is 0 Å². The van der Waals surface area contributed by atoms with E-state index in [-0.39, 0.29) is 5.56 Å². The van der Waals surface area contributed by atoms with E-state index in [1.54, 1.807) is 0 Å². The summed E-state index contributed by atoms with van der Waals surface area (Å²) in [6.45, 7) is 2.10. The predicted octanol–water partition coefficient (Wildman–Crippen LogP) is 3.98. The summed E-state index contributed by atoms with van der Waals surface area (Å²) >= 11 is 0. The lowest BCUT2D eigenvalue weighted by atomic mass is 9.94. The van der Waals surface area contributed by atoms with Gasteiger partial charge in [-0.1, -0.05) is 55.8 Å². The second kappa shape index (κ2) is 6.24. The Labute approximate surface area is 119 Å². The van der Waals surface area contributed by atoms with Crippen LogP contribution in [-0.4, -0.2) is 11.1 Å². The van der Waals surface area contributed by atoms with E-state index in [0.29, 0.717) is 11.3 Å². The van der Waals surface area contributed by atoms with Gasteiger partial charge >= 0.3 is 5.97 Å². The Morgan fingerprint density at radius 2 is 1.85 bits per heavy atom. The molecule has 0 radical (unpaired) electrons. The number of hydrogen-bond acceptors (Lipinski definition) is 2. The Bertz CT molecular complexity index is 606. The van der Waals surface area contributed by atoms with E-state index in [1.165, 1.54) is 0 Å². The van der Waals surface area contributed by atoms with Gasteiger partial charge < -0.3 is 10.8 Å². The van der Waals surface area contributed by atoms with Crippen LogP contribution in [0.15, 0.2) is 42.5 Å². The Balaban J connectivity index is 2.54. The van der Waals surface area contributed by atoms with Crippen molar-refractivity contribution in [2.75, 3.05) is 5.73 Å². The maximum atomic E-state index is 11.6. The quantitative estimate of drug-likeness (QED) is 0.807. The molecule has 104 valence electrons. The summed E-state index contributed by atoms with van der Waals surface area (Å²) in [7, 11) is 0. The molecule has 3 nitrogen and oxygen atoms in total. The second-order valence-electron chi connectivity index (χ2n) is 4.84. The van der Waals surface area contributed by atoms with Crippen LogP contribution in [0.4, 0.5) is 5.69 Å². The molecule has 0 aliphatic heterocycles. The van der Waals surface area contributed by atoms with Crippen LogP contribution in [0, 0.1) is 0 Å². The number of aryl methyl sites for hydroxylation is 1. The summed E-state index contributed by atoms with van der Waals surface area (Å²) in [4.78, 5) is 11.6. The van der Waals surface area contributed by atoms with Crippen LogP contribution in [0.1, 0.15) is 35.7 Å². The summed E-state index contributed by atoms with van der Waals surface area (Å²) in [6, 6.07) is 13.3. The Kier molecular flexibility index (Phi) is 4.41. The molecule has 2 rings (SSSR count). The third-order valence-electron chi connectivity index (χ3n) is 3.43. The van der Waals surface area contributed by atoms with E-state index in [9.17, 15) is 9.90 Å². The maximum Gasteiger partial charge on any atom is 0.338 e. The van der Waals surface area contributed by atoms with Gasteiger partial charge in [0.15, 0.2) is 0 Å². The maximum absolute atomic E-state index is 11.6. The van der Waals surface area contributed by atoms with Gasteiger partial charge in [0.05, 0.1) is 5.56 Å². The SMILES string of the molecule is CCCCc1ccc(-c2ccccc2)c(C(=O)O)c1N. The molecule has 0 fully saturated rings. The number of carboxylic acid groups (broad SMARTS) is 1. The Morgan fingerprint density at radius 1 is 1.15 bits per heavy atom. The van der Waals surface area contributed by atoms with Crippen LogP contribution in [0.5, 0.6) is 0 Å². The molecule has 0 saturated carbocycles. The molecule has 3 heteroatoms. The average Bonchev–Trinajstić information content (AvgIpc) is 2.46. The molecular weight excluding hydrogens is 250 g/mol. The lowest BCUT2D eigenvalue weighted by Crippen LogP contribution is -2.08. The number of carboxylic acids is 1. The standard InChI is InChI=1S/C17H19NO2/c1-2-3-7-13-10-11-14(12-8-5-4-6-9-12)15(16(13)18)17(19)20/h4-6,8-11H,2-3,7,18H2,1H3,(H,19,20). The molecule has 0 heterocycles. The number of benzene rings is 2. The molecule has 0 aromatic heterocycles. The fourth-order valence-electron chi connectivity index (χ4n) is 2.34. The van der Waals surface area contributed by atoms with E-state index < -0.39 is 5.97 Å². The lowest BCUT2D eigenvalue weighted by Gasteiger charge is -2.13. The van der Waals surface area contributed by atoms with E-state index in [0.717, 1.165) is 30.4 Å². The average molecular weight is 269 g/mol. The van der Waals surface area contributed by atoms with Gasteiger partial charge in [0.25, 0.3) is 0 Å². The zero-order chi connectivity index (χ0) is 14.5. The largest absolute Gasteiger partial charge is 0.478 e. The number of nitrogen functional groups attached to an aromatic ring is 1. The number of hydrogen-bond donors (Lipinski definition) is 2. The molecule has 2 aromatic carbocycles. The van der Waals surface area contributed by atoms with Crippen molar-refractivity contribution in [3.8, 4) is 11.1 Å². The molecule has 0 aliphatic carbocycles. The molecule has 0 saturated heterocycles. The number of aromatic carboxylic acids is 1. The van der Waals surface area contributed by atoms with Crippen molar-refractivity contribution in [2.24, 2.45) is 0 Å². The molecule has 0 spiro atoms. The van der Waals surface area contributed by atoms with Crippen molar-refractivity contribution in [1.29, 1.82) is 0 Å². The van der Waals surface area contributed by atoms with E-state index in [4.69, 9.17) is 5.73 Å². The summed E-state index contributed by atoms with van der Waals surface area (Å²) in [6.07, 6.45) is 2.88. The zero-order valence-electron chi connectivity index (χ0n) is 11.6. The predicted molar refractivity (Wildman–Crippen MR) is 81.9 cm³/mol. The third-order valence-corrected chi connectivity index (χ3v) is 3.43. The van der Waals surface area contributed by atoms with Crippen LogP contribution >= 0.6 is 0 Å². The second-order valence-corrected chi connectivity index (χ2v) is 4.84. The van der Waals surface area contributed by atoms with Crippen LogP contribution in [0.2, 0.25) is 0 Å². The van der Waals surface area contributed by atoms with E-state index >= 15 is 0 Å². The van der Waals surface area contributed by atoms with Gasteiger partial charge in [0.2, 0.25) is 0 Å². The number of unbranched alkanes of at least 4 members (excludes halogenated alkanes) is 1. The zero-order valence-corrected chi connectivity index (χ0v) is 11.6. The summed E-state index contributed by atoms with van der Waals surface area (Å²) < 4.78 is 0. The van der Waals surface area contributed by atoms with Gasteiger partial charge in [-0.25, -0.2) is 4.79 Å². The van der Waals surface area contributed by atoms with Crippen LogP contribution in [0.25, 0.3) is 11.1 Å². The highest BCUT2D eigenvalue weighted by atomic mass is 16.4. The summed E-state index contributed by atoms with van der Waals surface area (Å²) in [5.41, 5.74) is 9.16. The van der Waals surface area contributed by atoms with Crippen molar-refractivity contribution < 1.29 is 9.90 Å². The van der Waals surface area contributed by atoms with Gasteiger partial charge in [0.1, 0.15) is 0 Å². The van der Waals surface area contributed by atoms with Gasteiger partial charge in [-0.2, -0.15) is 0 Å². The smallest absolute Gasteiger partial charge is 0.338 e. The summed E-state index contributed by atoms with van der Waals surface area (Å²) in [5.74, 6) is -0.972. The first-order chi connectivity index (χ1) is 9.65. The molecule has 0 amide bonds. The molecule has 0 unspecified atom stereocenters. The van der Waals surface area contributed by atoms with Crippen LogP contribution in [-0.2, 0) is 6.42 Å². The Morgan fingerprint density at radius 3 is 2.45 bits per heavy atom. The first kappa shape index (κ1) is 14.1. The number of nitrogens with two attached hydrogens (primary N) is 1. The first-order valence-electron chi connectivity index (χ1n) is 6.85. The highest BCUT2D eigenvalue weighted by Gasteiger charge is 2.17. The van der Waals surface area contributed by atoms with E-state index in [1.807, 2.05) is 42.5 Å². The molecule has 0 atom stereocenters. The number of carbonyl (C=O) groups is 1. The first-order valence-corrected chi connectivity index (χ1v) is 6.85. The van der Waals surface area contributed by atoms with Crippen molar-refractivity contribution in [2.45, 2.75) is 26.2 Å². The van der Waals surface area contributed by atoms with Gasteiger partial charge in [0, 0.05) is 5.69 Å². The molecule has 0 aliphatic rings. The molecular formula is C17H19NO2. The van der Waals surface area contributed by atoms with Crippen molar-refractivity contribution >= 4 is 11.7 Å². The highest BCUT2D eigenvalue weighted by molar-refractivity contribution is 6.02. The van der Waals surface area contributed by atoms with Gasteiger partial charge in [-0.3, -0.25) is 0 Å². The van der Waals surface area contributed by atoms with Gasteiger partial charge in [-0.05, 0) is 29.5 Å². The third kappa shape index (κ3) is 2.82. The fourth-order valence-corrected chi connectivity index (χ4v) is 2.34.